The fourth-order valence-electron chi connectivity index (χ4n) is 1.52. The van der Waals surface area contributed by atoms with Gasteiger partial charge in [0.1, 0.15) is 11.0 Å². The molecular formula is C12H7BrN2OS. The summed E-state index contributed by atoms with van der Waals surface area (Å²) >= 11 is 5.10. The Kier molecular flexibility index (Phi) is 2.86. The van der Waals surface area contributed by atoms with Crippen LogP contribution in [0.25, 0.3) is 11.0 Å². The third-order valence-corrected chi connectivity index (χ3v) is 3.76. The molecule has 3 nitrogen and oxygen atoms in total. The first kappa shape index (κ1) is 10.8. The summed E-state index contributed by atoms with van der Waals surface area (Å²) < 4.78 is 5.74. The van der Waals surface area contributed by atoms with E-state index in [-0.39, 0.29) is 0 Å². The molecule has 0 unspecified atom stereocenters. The van der Waals surface area contributed by atoms with Gasteiger partial charge in [0, 0.05) is 14.3 Å². The van der Waals surface area contributed by atoms with E-state index in [0.29, 0.717) is 0 Å². The highest BCUT2D eigenvalue weighted by atomic mass is 79.9. The Morgan fingerprint density at radius 2 is 1.88 bits per heavy atom. The number of rotatable bonds is 2. The van der Waals surface area contributed by atoms with E-state index in [9.17, 15) is 0 Å². The first-order chi connectivity index (χ1) is 8.33. The number of benzene rings is 2. The zero-order valence-corrected chi connectivity index (χ0v) is 11.0. The summed E-state index contributed by atoms with van der Waals surface area (Å²) in [6.45, 7) is 0. The van der Waals surface area contributed by atoms with Gasteiger partial charge in [-0.25, -0.2) is 4.63 Å². The van der Waals surface area contributed by atoms with Crippen molar-refractivity contribution in [3.05, 3.63) is 46.9 Å². The Morgan fingerprint density at radius 3 is 2.71 bits per heavy atom. The summed E-state index contributed by atoms with van der Waals surface area (Å²) in [5.74, 6) is 0. The van der Waals surface area contributed by atoms with Gasteiger partial charge < -0.3 is 0 Å². The van der Waals surface area contributed by atoms with E-state index in [1.807, 2.05) is 30.3 Å². The Balaban J connectivity index is 2.08. The van der Waals surface area contributed by atoms with Crippen molar-refractivity contribution < 1.29 is 4.63 Å². The normalized spacial score (nSPS) is 10.9. The molecule has 5 heteroatoms. The van der Waals surface area contributed by atoms with Crippen LogP contribution in [0.3, 0.4) is 0 Å². The smallest absolute Gasteiger partial charge is 0.149 e. The van der Waals surface area contributed by atoms with Crippen molar-refractivity contribution in [3.8, 4) is 0 Å². The van der Waals surface area contributed by atoms with Gasteiger partial charge >= 0.3 is 0 Å². The van der Waals surface area contributed by atoms with Crippen LogP contribution in [0.4, 0.5) is 0 Å². The van der Waals surface area contributed by atoms with Crippen molar-refractivity contribution in [2.24, 2.45) is 0 Å². The molecule has 2 aromatic carbocycles. The van der Waals surface area contributed by atoms with Crippen LogP contribution in [0.1, 0.15) is 0 Å². The maximum Gasteiger partial charge on any atom is 0.149 e. The van der Waals surface area contributed by atoms with Crippen molar-refractivity contribution in [2.75, 3.05) is 0 Å². The highest BCUT2D eigenvalue weighted by molar-refractivity contribution is 9.10. The van der Waals surface area contributed by atoms with E-state index in [1.54, 1.807) is 11.8 Å². The summed E-state index contributed by atoms with van der Waals surface area (Å²) in [5.41, 5.74) is 1.56. The average molecular weight is 307 g/mol. The summed E-state index contributed by atoms with van der Waals surface area (Å²) in [6, 6.07) is 14.1. The summed E-state index contributed by atoms with van der Waals surface area (Å²) in [5, 5.41) is 7.78. The van der Waals surface area contributed by atoms with Gasteiger partial charge in [0.15, 0.2) is 0 Å². The largest absolute Gasteiger partial charge is 0.243 e. The molecule has 0 radical (unpaired) electrons. The molecule has 0 bridgehead atoms. The first-order valence-corrected chi connectivity index (χ1v) is 6.58. The van der Waals surface area contributed by atoms with Gasteiger partial charge in [0.25, 0.3) is 0 Å². The molecule has 0 saturated heterocycles. The third kappa shape index (κ3) is 2.21. The van der Waals surface area contributed by atoms with Gasteiger partial charge in [-0.1, -0.05) is 45.9 Å². The number of halogens is 1. The number of aromatic nitrogens is 2. The minimum Gasteiger partial charge on any atom is -0.243 e. The maximum atomic E-state index is 4.76. The van der Waals surface area contributed by atoms with Gasteiger partial charge in [0.05, 0.1) is 0 Å². The molecule has 0 amide bonds. The molecular weight excluding hydrogens is 300 g/mol. The highest BCUT2D eigenvalue weighted by Gasteiger charge is 2.09. The van der Waals surface area contributed by atoms with Crippen LogP contribution in [-0.4, -0.2) is 10.3 Å². The second kappa shape index (κ2) is 4.50. The molecule has 0 N–H and O–H groups in total. The minimum absolute atomic E-state index is 0.762. The van der Waals surface area contributed by atoms with Crippen LogP contribution in [0.5, 0.6) is 0 Å². The second-order valence-corrected chi connectivity index (χ2v) is 5.48. The quantitative estimate of drug-likeness (QED) is 0.713. The minimum atomic E-state index is 0.762. The van der Waals surface area contributed by atoms with Gasteiger partial charge in [-0.15, -0.1) is 0 Å². The standard InChI is InChI=1S/C12H7BrN2OS/c13-8-6-10-12(15-16-14-10)11(7-8)17-9-4-2-1-3-5-9/h1-7H. The molecule has 3 rings (SSSR count). The van der Waals surface area contributed by atoms with Crippen LogP contribution >= 0.6 is 27.7 Å². The monoisotopic (exact) mass is 306 g/mol. The molecule has 1 aromatic heterocycles. The van der Waals surface area contributed by atoms with Crippen molar-refractivity contribution in [1.82, 2.24) is 10.3 Å². The van der Waals surface area contributed by atoms with Gasteiger partial charge in [-0.2, -0.15) is 0 Å². The van der Waals surface area contributed by atoms with E-state index in [1.165, 1.54) is 0 Å². The first-order valence-electron chi connectivity index (χ1n) is 4.97. The lowest BCUT2D eigenvalue weighted by molar-refractivity contribution is 0.315. The molecule has 0 saturated carbocycles. The number of fused-ring (bicyclic) bond motifs is 1. The molecule has 0 fully saturated rings. The van der Waals surface area contributed by atoms with Crippen molar-refractivity contribution in [2.45, 2.75) is 9.79 Å². The Hall–Kier alpha value is -1.33. The van der Waals surface area contributed by atoms with E-state index in [4.69, 9.17) is 4.63 Å². The van der Waals surface area contributed by atoms with E-state index >= 15 is 0 Å². The number of hydrogen-bond acceptors (Lipinski definition) is 4. The maximum absolute atomic E-state index is 4.76. The van der Waals surface area contributed by atoms with Crippen molar-refractivity contribution in [3.63, 3.8) is 0 Å². The third-order valence-electron chi connectivity index (χ3n) is 2.26. The highest BCUT2D eigenvalue weighted by Crippen LogP contribution is 2.34. The van der Waals surface area contributed by atoms with Crippen LogP contribution in [0, 0.1) is 0 Å². The zero-order chi connectivity index (χ0) is 11.7. The fourth-order valence-corrected chi connectivity index (χ4v) is 3.09. The average Bonchev–Trinajstić information content (AvgIpc) is 2.78. The van der Waals surface area contributed by atoms with E-state index in [0.717, 1.165) is 25.3 Å². The van der Waals surface area contributed by atoms with Gasteiger partial charge in [0.2, 0.25) is 0 Å². The molecule has 17 heavy (non-hydrogen) atoms. The fraction of sp³-hybridized carbons (Fsp3) is 0. The Morgan fingerprint density at radius 1 is 1.06 bits per heavy atom. The SMILES string of the molecule is Brc1cc(Sc2ccccc2)c2nonc2c1. The molecule has 0 aliphatic heterocycles. The van der Waals surface area contributed by atoms with Crippen LogP contribution in [-0.2, 0) is 0 Å². The topological polar surface area (TPSA) is 38.9 Å². The van der Waals surface area contributed by atoms with E-state index < -0.39 is 0 Å². The van der Waals surface area contributed by atoms with Crippen LogP contribution < -0.4 is 0 Å². The van der Waals surface area contributed by atoms with Crippen molar-refractivity contribution in [1.29, 1.82) is 0 Å². The van der Waals surface area contributed by atoms with Crippen LogP contribution in [0.15, 0.2) is 61.4 Å². The predicted molar refractivity (Wildman–Crippen MR) is 70.1 cm³/mol. The summed E-state index contributed by atoms with van der Waals surface area (Å²) in [7, 11) is 0. The lowest BCUT2D eigenvalue weighted by Gasteiger charge is -2.01. The number of hydrogen-bond donors (Lipinski definition) is 0. The Bertz CT molecular complexity index is 654. The molecule has 84 valence electrons. The zero-order valence-electron chi connectivity index (χ0n) is 8.63. The summed E-state index contributed by atoms with van der Waals surface area (Å²) in [4.78, 5) is 2.19. The Labute approximate surface area is 110 Å². The molecule has 0 aliphatic rings. The van der Waals surface area contributed by atoms with E-state index in [2.05, 4.69) is 38.4 Å². The lowest BCUT2D eigenvalue weighted by Crippen LogP contribution is -1.78. The molecule has 0 aliphatic carbocycles. The molecule has 1 heterocycles. The van der Waals surface area contributed by atoms with Gasteiger partial charge in [-0.05, 0) is 34.6 Å². The van der Waals surface area contributed by atoms with Crippen LogP contribution in [0.2, 0.25) is 0 Å². The van der Waals surface area contributed by atoms with Crippen molar-refractivity contribution >= 4 is 38.7 Å². The predicted octanol–water partition coefficient (Wildman–Crippen LogP) is 4.14. The molecule has 0 spiro atoms. The second-order valence-electron chi connectivity index (χ2n) is 3.45. The lowest BCUT2D eigenvalue weighted by atomic mass is 10.3. The molecule has 0 atom stereocenters. The van der Waals surface area contributed by atoms with Gasteiger partial charge in [-0.3, -0.25) is 0 Å². The molecule has 3 aromatic rings. The summed E-state index contributed by atoms with van der Waals surface area (Å²) in [6.07, 6.45) is 0. The number of nitrogens with zero attached hydrogens (tertiary/aromatic N) is 2.